The lowest BCUT2D eigenvalue weighted by Gasteiger charge is -2.30. The van der Waals surface area contributed by atoms with Crippen molar-refractivity contribution < 1.29 is 36.1 Å². The van der Waals surface area contributed by atoms with Crippen molar-refractivity contribution in [3.8, 4) is 6.07 Å². The normalized spacial score (nSPS) is 12.4. The summed E-state index contributed by atoms with van der Waals surface area (Å²) < 4.78 is 52.0. The van der Waals surface area contributed by atoms with Gasteiger partial charge in [0.2, 0.25) is 5.69 Å². The van der Waals surface area contributed by atoms with Crippen LogP contribution >= 0.6 is 11.3 Å². The van der Waals surface area contributed by atoms with E-state index in [4.69, 9.17) is 20.8 Å². The topological polar surface area (TPSA) is 141 Å². The van der Waals surface area contributed by atoms with Crippen LogP contribution in [0.3, 0.4) is 0 Å². The van der Waals surface area contributed by atoms with Gasteiger partial charge in [-0.1, -0.05) is 13.3 Å². The second-order valence-corrected chi connectivity index (χ2v) is 16.6. The third-order valence-electron chi connectivity index (χ3n) is 8.75. The van der Waals surface area contributed by atoms with Crippen LogP contribution < -0.4 is 4.90 Å². The highest BCUT2D eigenvalue weighted by atomic mass is 32.2. The molecule has 0 unspecified atom stereocenters. The second-order valence-electron chi connectivity index (χ2n) is 14.1. The highest BCUT2D eigenvalue weighted by Gasteiger charge is 2.18. The summed E-state index contributed by atoms with van der Waals surface area (Å²) in [6.45, 7) is 23.4. The summed E-state index contributed by atoms with van der Waals surface area (Å²) in [6.07, 6.45) is 2.71. The van der Waals surface area contributed by atoms with Gasteiger partial charge >= 0.3 is 0 Å². The molecule has 0 spiro atoms. The fourth-order valence-corrected chi connectivity index (χ4v) is 6.71. The molecule has 1 heterocycles. The van der Waals surface area contributed by atoms with E-state index in [1.165, 1.54) is 24.2 Å². The number of likely N-dealkylation sites (N-methyl/N-ethyl adjacent to an activating group) is 2. The van der Waals surface area contributed by atoms with Crippen LogP contribution in [-0.2, 0) is 24.3 Å². The average molecular weight is 749 g/mol. The number of thiophene rings is 1. The molecule has 0 aliphatic rings. The molecule has 51 heavy (non-hydrogen) atoms. The van der Waals surface area contributed by atoms with Gasteiger partial charge in [0.1, 0.15) is 24.2 Å². The molecular weight excluding hydrogens is 691 g/mol. The van der Waals surface area contributed by atoms with Gasteiger partial charge < -0.3 is 32.6 Å². The van der Waals surface area contributed by atoms with Gasteiger partial charge in [-0.15, -0.1) is 11.3 Å². The van der Waals surface area contributed by atoms with Crippen molar-refractivity contribution in [1.82, 2.24) is 0 Å². The van der Waals surface area contributed by atoms with Crippen LogP contribution in [0, 0.1) is 38.7 Å². The second kappa shape index (κ2) is 21.5. The number of unbranched alkanes of at least 4 members (excludes halogenated alkanes) is 1. The van der Waals surface area contributed by atoms with Gasteiger partial charge in [0, 0.05) is 31.0 Å². The van der Waals surface area contributed by atoms with Gasteiger partial charge in [0.05, 0.1) is 108 Å². The summed E-state index contributed by atoms with van der Waals surface area (Å²) in [5.74, 6) is -0.345. The Bertz CT molecular complexity index is 1610. The molecule has 0 aliphatic heterocycles. The van der Waals surface area contributed by atoms with Crippen molar-refractivity contribution in [2.24, 2.45) is 10.2 Å². The number of rotatable bonds is 25. The van der Waals surface area contributed by atoms with E-state index in [9.17, 15) is 18.2 Å². The molecule has 0 aliphatic carbocycles. The van der Waals surface area contributed by atoms with E-state index < -0.39 is 10.1 Å². The molecular formula is C36H58N7O6S2+. The number of aryl methyl sites for hydroxylation is 2. The minimum absolute atomic E-state index is 0.328. The van der Waals surface area contributed by atoms with Gasteiger partial charge in [-0.3, -0.25) is 0 Å². The lowest BCUT2D eigenvalue weighted by Crippen LogP contribution is -2.43. The Morgan fingerprint density at radius 1 is 0.882 bits per heavy atom. The summed E-state index contributed by atoms with van der Waals surface area (Å²) in [6, 6.07) is 6.22. The number of ether oxygens (including phenoxy) is 3. The Kier molecular flexibility index (Phi) is 18.6. The first-order valence-electron chi connectivity index (χ1n) is 17.5. The molecule has 0 atom stereocenters. The van der Waals surface area contributed by atoms with E-state index in [-0.39, 0.29) is 5.75 Å². The predicted octanol–water partition coefficient (Wildman–Crippen LogP) is 6.26. The Hall–Kier alpha value is -2.99. The zero-order valence-electron chi connectivity index (χ0n) is 31.9. The van der Waals surface area contributed by atoms with Gasteiger partial charge in [0.25, 0.3) is 0 Å². The van der Waals surface area contributed by atoms with Crippen molar-refractivity contribution in [2.75, 3.05) is 118 Å². The van der Waals surface area contributed by atoms with Crippen LogP contribution in [0.25, 0.3) is 4.85 Å². The number of benzene rings is 1. The molecule has 1 aromatic carbocycles. The molecule has 0 bridgehead atoms. The van der Waals surface area contributed by atoms with Gasteiger partial charge in [-0.05, 0) is 56.0 Å². The van der Waals surface area contributed by atoms with Crippen molar-refractivity contribution >= 4 is 43.5 Å². The van der Waals surface area contributed by atoms with Crippen LogP contribution in [0.15, 0.2) is 22.4 Å². The molecule has 2 rings (SSSR count). The number of azo groups is 1. The molecule has 13 nitrogen and oxygen atoms in total. The predicted molar refractivity (Wildman–Crippen MR) is 203 cm³/mol. The standard InChI is InChI=1S/C36H58N7O6S2/c1-10-11-15-42(6,7)17-21-47-19-13-41(14-20-48-23-24-49-22-18-43(8,9)16-12-25-51(44,45)46)33-27-29(2)32(26-30(33)3)39-40-36-35(38-5)31(4)34(28-37)50-36/h26-27H,10-25H2,1-4,6-9H3/q+1. The van der Waals surface area contributed by atoms with E-state index in [1.807, 2.05) is 34.0 Å². The van der Waals surface area contributed by atoms with Crippen LogP contribution in [-0.4, -0.2) is 135 Å². The SMILES string of the molecule is [C-]#[N+]c1c(N=Nc2cc(C)c(N(CCOCCOCC[N+](C)(C)CCCS(=O)(=O)[O-])CCOCC[N+](C)(C)CCCC)cc2C)sc(C#N)c1C. The van der Waals surface area contributed by atoms with E-state index in [0.717, 1.165) is 34.4 Å². The van der Waals surface area contributed by atoms with Gasteiger partial charge in [-0.2, -0.15) is 15.5 Å². The van der Waals surface area contributed by atoms with E-state index in [1.54, 1.807) is 6.92 Å². The maximum atomic E-state index is 10.9. The highest BCUT2D eigenvalue weighted by molar-refractivity contribution is 7.85. The van der Waals surface area contributed by atoms with Gasteiger partial charge in [0.15, 0.2) is 0 Å². The first kappa shape index (κ1) is 44.2. The number of quaternary nitrogens is 2. The van der Waals surface area contributed by atoms with Crippen LogP contribution in [0.1, 0.15) is 47.8 Å². The van der Waals surface area contributed by atoms with Crippen molar-refractivity contribution in [2.45, 2.75) is 47.0 Å². The average Bonchev–Trinajstić information content (AvgIpc) is 3.37. The third kappa shape index (κ3) is 16.5. The third-order valence-corrected chi connectivity index (χ3v) is 10.6. The zero-order chi connectivity index (χ0) is 38.1. The fraction of sp³-hybridized carbons (Fsp3) is 0.667. The molecule has 0 saturated heterocycles. The first-order valence-corrected chi connectivity index (χ1v) is 19.9. The molecule has 2 aromatic rings. The molecule has 0 N–H and O–H groups in total. The number of anilines is 1. The van der Waals surface area contributed by atoms with Crippen molar-refractivity contribution in [3.63, 3.8) is 0 Å². The summed E-state index contributed by atoms with van der Waals surface area (Å²) in [5, 5.41) is 18.7. The van der Waals surface area contributed by atoms with Crippen LogP contribution in [0.2, 0.25) is 0 Å². The molecule has 0 radical (unpaired) electrons. The van der Waals surface area contributed by atoms with E-state index >= 15 is 0 Å². The highest BCUT2D eigenvalue weighted by Crippen LogP contribution is 2.42. The molecule has 0 amide bonds. The first-order chi connectivity index (χ1) is 24.0. The molecule has 284 valence electrons. The maximum Gasteiger partial charge on any atom is 0.229 e. The van der Waals surface area contributed by atoms with Crippen LogP contribution in [0.4, 0.5) is 22.1 Å². The Morgan fingerprint density at radius 3 is 2.00 bits per heavy atom. The number of nitrogens with zero attached hydrogens (tertiary/aromatic N) is 7. The summed E-state index contributed by atoms with van der Waals surface area (Å²) in [7, 11) is 4.27. The Labute approximate surface area is 310 Å². The lowest BCUT2D eigenvalue weighted by molar-refractivity contribution is -0.890. The maximum absolute atomic E-state index is 10.9. The lowest BCUT2D eigenvalue weighted by atomic mass is 10.1. The molecule has 15 heteroatoms. The quantitative estimate of drug-likeness (QED) is 0.0381. The molecule has 0 fully saturated rings. The summed E-state index contributed by atoms with van der Waals surface area (Å²) in [5.41, 5.74) is 4.71. The van der Waals surface area contributed by atoms with E-state index in [2.05, 4.69) is 53.1 Å². The summed E-state index contributed by atoms with van der Waals surface area (Å²) in [4.78, 5) is 6.31. The number of hydrogen-bond donors (Lipinski definition) is 0. The smallest absolute Gasteiger partial charge is 0.229 e. The minimum Gasteiger partial charge on any atom is -0.748 e. The number of hydrogen-bond acceptors (Lipinski definition) is 11. The Balaban J connectivity index is 2.01. The monoisotopic (exact) mass is 748 g/mol. The Morgan fingerprint density at radius 2 is 1.45 bits per heavy atom. The van der Waals surface area contributed by atoms with Gasteiger partial charge in [-0.25, -0.2) is 13.3 Å². The minimum atomic E-state index is -4.19. The fourth-order valence-electron chi connectivity index (χ4n) is 5.36. The summed E-state index contributed by atoms with van der Waals surface area (Å²) >= 11 is 1.18. The van der Waals surface area contributed by atoms with E-state index in [0.29, 0.717) is 104 Å². The van der Waals surface area contributed by atoms with Crippen molar-refractivity contribution in [1.29, 1.82) is 5.26 Å². The number of nitriles is 1. The van der Waals surface area contributed by atoms with Crippen molar-refractivity contribution in [3.05, 3.63) is 45.1 Å². The molecule has 1 aromatic heterocycles. The molecule has 0 saturated carbocycles. The largest absolute Gasteiger partial charge is 0.748 e. The zero-order valence-corrected chi connectivity index (χ0v) is 33.5. The van der Waals surface area contributed by atoms with Crippen LogP contribution in [0.5, 0.6) is 0 Å².